The third kappa shape index (κ3) is 1.58. The van der Waals surface area contributed by atoms with Crippen molar-refractivity contribution in [1.82, 2.24) is 4.98 Å². The maximum atomic E-state index is 11.5. The summed E-state index contributed by atoms with van der Waals surface area (Å²) in [5, 5.41) is 1.77. The van der Waals surface area contributed by atoms with Gasteiger partial charge in [-0.1, -0.05) is 6.07 Å². The van der Waals surface area contributed by atoms with Crippen LogP contribution in [0.1, 0.15) is 10.4 Å². The van der Waals surface area contributed by atoms with Gasteiger partial charge >= 0.3 is 5.97 Å². The second kappa shape index (κ2) is 4.18. The summed E-state index contributed by atoms with van der Waals surface area (Å²) in [6.07, 6.45) is 3.38. The second-order valence-electron chi connectivity index (χ2n) is 3.23. The van der Waals surface area contributed by atoms with Crippen molar-refractivity contribution in [2.24, 2.45) is 0 Å². The Labute approximate surface area is 92.8 Å². The largest absolute Gasteiger partial charge is 0.495 e. The van der Waals surface area contributed by atoms with E-state index in [1.165, 1.54) is 14.2 Å². The van der Waals surface area contributed by atoms with Gasteiger partial charge in [0.2, 0.25) is 0 Å². The quantitative estimate of drug-likeness (QED) is 0.722. The van der Waals surface area contributed by atoms with E-state index in [4.69, 9.17) is 9.47 Å². The number of pyridine rings is 1. The van der Waals surface area contributed by atoms with Crippen LogP contribution in [0.15, 0.2) is 30.6 Å². The minimum Gasteiger partial charge on any atom is -0.495 e. The smallest absolute Gasteiger partial charge is 0.341 e. The summed E-state index contributed by atoms with van der Waals surface area (Å²) in [6, 6.07) is 5.30. The molecule has 0 aliphatic heterocycles. The maximum Gasteiger partial charge on any atom is 0.341 e. The van der Waals surface area contributed by atoms with E-state index in [2.05, 4.69) is 4.98 Å². The van der Waals surface area contributed by atoms with Crippen molar-refractivity contribution in [2.75, 3.05) is 14.2 Å². The second-order valence-corrected chi connectivity index (χ2v) is 3.23. The molecule has 0 N–H and O–H groups in total. The molecule has 0 unspecified atom stereocenters. The normalized spacial score (nSPS) is 10.1. The molecule has 0 spiro atoms. The summed E-state index contributed by atoms with van der Waals surface area (Å²) in [6.45, 7) is 0. The first-order valence-corrected chi connectivity index (χ1v) is 4.77. The van der Waals surface area contributed by atoms with Crippen LogP contribution < -0.4 is 4.74 Å². The number of hydrogen-bond acceptors (Lipinski definition) is 4. The molecule has 1 heterocycles. The molecule has 1 aromatic carbocycles. The van der Waals surface area contributed by atoms with Gasteiger partial charge in [-0.3, -0.25) is 4.98 Å². The van der Waals surface area contributed by atoms with Crippen molar-refractivity contribution in [1.29, 1.82) is 0 Å². The molecule has 2 rings (SSSR count). The van der Waals surface area contributed by atoms with Crippen LogP contribution >= 0.6 is 0 Å². The number of esters is 1. The Kier molecular flexibility index (Phi) is 2.72. The highest BCUT2D eigenvalue weighted by Gasteiger charge is 2.15. The SMILES string of the molecule is COC(=O)c1ccc2cnccc2c1OC. The molecule has 4 nitrogen and oxygen atoms in total. The van der Waals surface area contributed by atoms with E-state index < -0.39 is 5.97 Å². The number of benzene rings is 1. The Balaban J connectivity index is 2.72. The number of nitrogens with zero attached hydrogens (tertiary/aromatic N) is 1. The molecule has 0 atom stereocenters. The van der Waals surface area contributed by atoms with Gasteiger partial charge in [-0.15, -0.1) is 0 Å². The Morgan fingerprint density at radius 2 is 2.06 bits per heavy atom. The number of fused-ring (bicyclic) bond motifs is 1. The first-order chi connectivity index (χ1) is 7.77. The van der Waals surface area contributed by atoms with E-state index in [-0.39, 0.29) is 0 Å². The minimum atomic E-state index is -0.407. The molecule has 0 amide bonds. The Hall–Kier alpha value is -2.10. The van der Waals surface area contributed by atoms with E-state index in [0.717, 1.165) is 10.8 Å². The topological polar surface area (TPSA) is 48.4 Å². The standard InChI is InChI=1S/C12H11NO3/c1-15-11-9-5-6-13-7-8(9)3-4-10(11)12(14)16-2/h3-7H,1-2H3. The van der Waals surface area contributed by atoms with E-state index in [1.807, 2.05) is 6.07 Å². The summed E-state index contributed by atoms with van der Waals surface area (Å²) in [7, 11) is 2.88. The average Bonchev–Trinajstić information content (AvgIpc) is 2.36. The molecule has 0 saturated carbocycles. The Morgan fingerprint density at radius 1 is 1.25 bits per heavy atom. The highest BCUT2D eigenvalue weighted by Crippen LogP contribution is 2.29. The fourth-order valence-corrected chi connectivity index (χ4v) is 1.63. The van der Waals surface area contributed by atoms with E-state index >= 15 is 0 Å². The van der Waals surface area contributed by atoms with Crippen LogP contribution in [0.5, 0.6) is 5.75 Å². The number of ether oxygens (including phenoxy) is 2. The van der Waals surface area contributed by atoms with Crippen LogP contribution in [0, 0.1) is 0 Å². The minimum absolute atomic E-state index is 0.407. The van der Waals surface area contributed by atoms with Gasteiger partial charge in [0.15, 0.2) is 0 Å². The van der Waals surface area contributed by atoms with Gasteiger partial charge in [0.25, 0.3) is 0 Å². The number of carbonyl (C=O) groups is 1. The maximum absolute atomic E-state index is 11.5. The van der Waals surface area contributed by atoms with Crippen molar-refractivity contribution in [3.63, 3.8) is 0 Å². The monoisotopic (exact) mass is 217 g/mol. The van der Waals surface area contributed by atoms with Gasteiger partial charge in [-0.25, -0.2) is 4.79 Å². The molecule has 0 bridgehead atoms. The van der Waals surface area contributed by atoms with E-state index in [1.54, 1.807) is 24.5 Å². The van der Waals surface area contributed by atoms with Gasteiger partial charge in [-0.2, -0.15) is 0 Å². The molecule has 0 aliphatic rings. The molecule has 4 heteroatoms. The van der Waals surface area contributed by atoms with Crippen molar-refractivity contribution >= 4 is 16.7 Å². The molecule has 0 saturated heterocycles. The number of methoxy groups -OCH3 is 2. The summed E-state index contributed by atoms with van der Waals surface area (Å²) < 4.78 is 9.95. The van der Waals surface area contributed by atoms with Gasteiger partial charge in [-0.05, 0) is 12.1 Å². The van der Waals surface area contributed by atoms with Crippen molar-refractivity contribution in [3.8, 4) is 5.75 Å². The molecule has 0 radical (unpaired) electrons. The Bertz CT molecular complexity index is 537. The molecule has 0 fully saturated rings. The molecule has 1 aromatic heterocycles. The summed E-state index contributed by atoms with van der Waals surface area (Å²) >= 11 is 0. The van der Waals surface area contributed by atoms with Gasteiger partial charge in [0, 0.05) is 23.2 Å². The molecule has 82 valence electrons. The van der Waals surface area contributed by atoms with E-state index in [9.17, 15) is 4.79 Å². The molecule has 16 heavy (non-hydrogen) atoms. The van der Waals surface area contributed by atoms with Crippen LogP contribution in [0.4, 0.5) is 0 Å². The molecule has 0 aliphatic carbocycles. The number of carbonyl (C=O) groups excluding carboxylic acids is 1. The zero-order valence-electron chi connectivity index (χ0n) is 9.06. The first-order valence-electron chi connectivity index (χ1n) is 4.77. The predicted octanol–water partition coefficient (Wildman–Crippen LogP) is 2.03. The summed E-state index contributed by atoms with van der Waals surface area (Å²) in [5.74, 6) is 0.113. The first kappa shape index (κ1) is 10.4. The van der Waals surface area contributed by atoms with Gasteiger partial charge in [0.1, 0.15) is 11.3 Å². The van der Waals surface area contributed by atoms with Crippen LogP contribution in [0.25, 0.3) is 10.8 Å². The van der Waals surface area contributed by atoms with Gasteiger partial charge < -0.3 is 9.47 Å². The average molecular weight is 217 g/mol. The number of rotatable bonds is 2. The van der Waals surface area contributed by atoms with E-state index in [0.29, 0.717) is 11.3 Å². The van der Waals surface area contributed by atoms with Crippen LogP contribution in [0.3, 0.4) is 0 Å². The fraction of sp³-hybridized carbons (Fsp3) is 0.167. The summed E-state index contributed by atoms with van der Waals surface area (Å²) in [4.78, 5) is 15.5. The Morgan fingerprint density at radius 3 is 2.75 bits per heavy atom. The van der Waals surface area contributed by atoms with Gasteiger partial charge in [0.05, 0.1) is 14.2 Å². The van der Waals surface area contributed by atoms with Crippen molar-refractivity contribution in [3.05, 3.63) is 36.2 Å². The van der Waals surface area contributed by atoms with Crippen molar-refractivity contribution in [2.45, 2.75) is 0 Å². The summed E-state index contributed by atoms with van der Waals surface area (Å²) in [5.41, 5.74) is 0.420. The number of hydrogen-bond donors (Lipinski definition) is 0. The zero-order valence-corrected chi connectivity index (χ0v) is 9.06. The lowest BCUT2D eigenvalue weighted by atomic mass is 10.1. The van der Waals surface area contributed by atoms with Crippen molar-refractivity contribution < 1.29 is 14.3 Å². The lowest BCUT2D eigenvalue weighted by molar-refractivity contribution is 0.0597. The molecular formula is C12H11NO3. The fourth-order valence-electron chi connectivity index (χ4n) is 1.63. The molecule has 2 aromatic rings. The third-order valence-electron chi connectivity index (χ3n) is 2.38. The highest BCUT2D eigenvalue weighted by molar-refractivity contribution is 6.01. The highest BCUT2D eigenvalue weighted by atomic mass is 16.5. The third-order valence-corrected chi connectivity index (χ3v) is 2.38. The number of aromatic nitrogens is 1. The molecular weight excluding hydrogens is 206 g/mol. The van der Waals surface area contributed by atoms with Crippen LogP contribution in [-0.4, -0.2) is 25.2 Å². The predicted molar refractivity (Wildman–Crippen MR) is 59.6 cm³/mol. The zero-order chi connectivity index (χ0) is 11.5. The van der Waals surface area contributed by atoms with Crippen LogP contribution in [-0.2, 0) is 4.74 Å². The lowest BCUT2D eigenvalue weighted by Crippen LogP contribution is -2.04. The lowest BCUT2D eigenvalue weighted by Gasteiger charge is -2.09. The van der Waals surface area contributed by atoms with Crippen LogP contribution in [0.2, 0.25) is 0 Å².